The number of thioether (sulfide) groups is 1. The first kappa shape index (κ1) is 33.2. The molecule has 3 saturated heterocycles. The lowest BCUT2D eigenvalue weighted by atomic mass is 10.0. The molecule has 4 aliphatic heterocycles. The summed E-state index contributed by atoms with van der Waals surface area (Å²) < 4.78 is 15.7. The molecule has 0 bridgehead atoms. The van der Waals surface area contributed by atoms with Gasteiger partial charge in [-0.3, -0.25) is 14.5 Å². The fourth-order valence-corrected chi connectivity index (χ4v) is 9.32. The number of piperidine rings is 1. The second kappa shape index (κ2) is 13.5. The van der Waals surface area contributed by atoms with Crippen LogP contribution in [-0.4, -0.2) is 107 Å². The summed E-state index contributed by atoms with van der Waals surface area (Å²) in [4.78, 5) is 51.1. The third-order valence-corrected chi connectivity index (χ3v) is 12.3. The van der Waals surface area contributed by atoms with Crippen LogP contribution in [0.2, 0.25) is 0 Å². The standard InChI is InChI=1S/C37H49FN6O3S/c1-37(2,3)42-21-19-41(20-22-42)33-28(8-6-9-29(33)38)35-44(24-25-11-12-25)34(46)31(48-35)23-32(45)40-16-14-27(15-17-40)43-18-13-26-7-4-5-10-30(26)39-36(43)47/h4-10,25,27,31,35H,11-24H2,1-3H3,(H,39,47)/t31-,35-/m0/s1. The lowest BCUT2D eigenvalue weighted by Gasteiger charge is -2.43. The Hall–Kier alpha value is -3.31. The van der Waals surface area contributed by atoms with Crippen LogP contribution in [0.1, 0.15) is 69.4 Å². The topological polar surface area (TPSA) is 79.4 Å². The molecule has 2 aromatic rings. The van der Waals surface area contributed by atoms with Crippen LogP contribution in [0.3, 0.4) is 0 Å². The zero-order chi connectivity index (χ0) is 33.6. The minimum absolute atomic E-state index is 0.00583. The number of likely N-dealkylation sites (tertiary alicyclic amines) is 1. The van der Waals surface area contributed by atoms with Crippen molar-refractivity contribution in [3.05, 3.63) is 59.4 Å². The SMILES string of the molecule is CC(C)(C)N1CCN(c2c(F)cccc2[C@@H]2S[C@@H](CC(=O)N3CCC(N4CCc5ccccc5NC4=O)CC3)C(=O)N2CC2CC2)CC1. The van der Waals surface area contributed by atoms with Gasteiger partial charge in [0.25, 0.3) is 0 Å². The van der Waals surface area contributed by atoms with Crippen LogP contribution in [0.4, 0.5) is 20.6 Å². The van der Waals surface area contributed by atoms with Crippen LogP contribution in [0, 0.1) is 11.7 Å². The molecule has 0 spiro atoms. The third kappa shape index (κ3) is 6.90. The third-order valence-electron chi connectivity index (χ3n) is 10.9. The minimum atomic E-state index is -0.497. The van der Waals surface area contributed by atoms with E-state index in [1.165, 1.54) is 17.8 Å². The predicted octanol–water partition coefficient (Wildman–Crippen LogP) is 5.57. The number of hydrogen-bond acceptors (Lipinski definition) is 6. The van der Waals surface area contributed by atoms with E-state index in [4.69, 9.17) is 0 Å². The van der Waals surface area contributed by atoms with Crippen LogP contribution in [0.15, 0.2) is 42.5 Å². The molecule has 1 saturated carbocycles. The maximum atomic E-state index is 15.7. The molecule has 0 aromatic heterocycles. The zero-order valence-electron chi connectivity index (χ0n) is 28.5. The lowest BCUT2D eigenvalue weighted by molar-refractivity contribution is -0.137. The molecule has 1 N–H and O–H groups in total. The zero-order valence-corrected chi connectivity index (χ0v) is 29.3. The molecule has 9 nitrogen and oxygen atoms in total. The number of nitrogens with one attached hydrogen (secondary N) is 1. The second-order valence-corrected chi connectivity index (χ2v) is 16.4. The van der Waals surface area contributed by atoms with Crippen LogP contribution in [0.5, 0.6) is 0 Å². The molecule has 1 aliphatic carbocycles. The van der Waals surface area contributed by atoms with Gasteiger partial charge in [-0.2, -0.15) is 0 Å². The number of urea groups is 1. The van der Waals surface area contributed by atoms with E-state index in [1.807, 2.05) is 39.0 Å². The summed E-state index contributed by atoms with van der Waals surface area (Å²) in [5.41, 5.74) is 3.52. The van der Waals surface area contributed by atoms with Crippen molar-refractivity contribution >= 4 is 41.0 Å². The molecule has 11 heteroatoms. The van der Waals surface area contributed by atoms with E-state index in [-0.39, 0.29) is 47.0 Å². The van der Waals surface area contributed by atoms with Crippen molar-refractivity contribution in [2.45, 2.75) is 81.5 Å². The summed E-state index contributed by atoms with van der Waals surface area (Å²) in [6, 6.07) is 13.2. The first-order chi connectivity index (χ1) is 23.1. The number of amides is 4. The summed E-state index contributed by atoms with van der Waals surface area (Å²) in [5, 5.41) is 2.25. The summed E-state index contributed by atoms with van der Waals surface area (Å²) in [6.45, 7) is 12.2. The largest absolute Gasteiger partial charge is 0.366 e. The molecule has 4 heterocycles. The van der Waals surface area contributed by atoms with Crippen molar-refractivity contribution in [2.24, 2.45) is 5.92 Å². The van der Waals surface area contributed by atoms with E-state index in [0.29, 0.717) is 50.6 Å². The maximum absolute atomic E-state index is 15.7. The molecular formula is C37H49FN6O3S. The summed E-state index contributed by atoms with van der Waals surface area (Å²) >= 11 is 1.52. The fourth-order valence-electron chi connectivity index (χ4n) is 7.85. The highest BCUT2D eigenvalue weighted by Gasteiger charge is 2.46. The molecule has 2 aromatic carbocycles. The normalized spacial score (nSPS) is 24.5. The van der Waals surface area contributed by atoms with Crippen molar-refractivity contribution in [3.8, 4) is 0 Å². The van der Waals surface area contributed by atoms with Crippen molar-refractivity contribution < 1.29 is 18.8 Å². The monoisotopic (exact) mass is 676 g/mol. The summed E-state index contributed by atoms with van der Waals surface area (Å²) in [6.07, 6.45) is 4.57. The minimum Gasteiger partial charge on any atom is -0.366 e. The quantitative estimate of drug-likeness (QED) is 0.414. The highest BCUT2D eigenvalue weighted by atomic mass is 32.2. The number of carbonyl (C=O) groups is 3. The molecule has 48 heavy (non-hydrogen) atoms. The number of piperazine rings is 1. The molecule has 7 rings (SSSR count). The number of carbonyl (C=O) groups excluding carboxylic acids is 3. The number of hydrogen-bond donors (Lipinski definition) is 1. The Morgan fingerprint density at radius 2 is 1.65 bits per heavy atom. The van der Waals surface area contributed by atoms with Crippen molar-refractivity contribution in [1.82, 2.24) is 19.6 Å². The Morgan fingerprint density at radius 1 is 0.917 bits per heavy atom. The predicted molar refractivity (Wildman–Crippen MR) is 189 cm³/mol. The van der Waals surface area contributed by atoms with Gasteiger partial charge in [-0.1, -0.05) is 30.3 Å². The molecule has 5 aliphatic rings. The lowest BCUT2D eigenvalue weighted by Crippen LogP contribution is -2.53. The molecule has 0 unspecified atom stereocenters. The van der Waals surface area contributed by atoms with Gasteiger partial charge in [-0.05, 0) is 76.5 Å². The van der Waals surface area contributed by atoms with E-state index in [0.717, 1.165) is 62.3 Å². The van der Waals surface area contributed by atoms with Gasteiger partial charge in [0.05, 0.1) is 10.9 Å². The van der Waals surface area contributed by atoms with Crippen LogP contribution >= 0.6 is 11.8 Å². The van der Waals surface area contributed by atoms with E-state index in [9.17, 15) is 14.4 Å². The Kier molecular flexibility index (Phi) is 9.36. The number of halogens is 1. The van der Waals surface area contributed by atoms with Crippen molar-refractivity contribution in [1.29, 1.82) is 0 Å². The number of anilines is 2. The Morgan fingerprint density at radius 3 is 2.35 bits per heavy atom. The Balaban J connectivity index is 1.01. The first-order valence-electron chi connectivity index (χ1n) is 17.7. The number of benzene rings is 2. The van der Waals surface area contributed by atoms with Gasteiger partial charge >= 0.3 is 6.03 Å². The number of fused-ring (bicyclic) bond motifs is 1. The Bertz CT molecular complexity index is 1530. The first-order valence-corrected chi connectivity index (χ1v) is 18.7. The van der Waals surface area contributed by atoms with Crippen molar-refractivity contribution in [2.75, 3.05) is 62.6 Å². The Labute approximate surface area is 288 Å². The second-order valence-electron chi connectivity index (χ2n) is 15.1. The van der Waals surface area contributed by atoms with Gasteiger partial charge in [0, 0.05) is 81.6 Å². The van der Waals surface area contributed by atoms with Crippen LogP contribution < -0.4 is 10.2 Å². The highest BCUT2D eigenvalue weighted by molar-refractivity contribution is 8.01. The van der Waals surface area contributed by atoms with Crippen LogP contribution in [-0.2, 0) is 16.0 Å². The smallest absolute Gasteiger partial charge is 0.322 e. The highest BCUT2D eigenvalue weighted by Crippen LogP contribution is 2.49. The fraction of sp³-hybridized carbons (Fsp3) is 0.595. The van der Waals surface area contributed by atoms with E-state index in [1.54, 1.807) is 6.07 Å². The van der Waals surface area contributed by atoms with Gasteiger partial charge in [0.2, 0.25) is 11.8 Å². The number of nitrogens with zero attached hydrogens (tertiary/aromatic N) is 5. The summed E-state index contributed by atoms with van der Waals surface area (Å²) in [7, 11) is 0. The van der Waals surface area contributed by atoms with Gasteiger partial charge in [-0.25, -0.2) is 9.18 Å². The van der Waals surface area contributed by atoms with Crippen molar-refractivity contribution in [3.63, 3.8) is 0 Å². The number of rotatable bonds is 7. The molecular weight excluding hydrogens is 628 g/mol. The summed E-state index contributed by atoms with van der Waals surface area (Å²) in [5.74, 6) is 0.202. The van der Waals surface area contributed by atoms with E-state index < -0.39 is 5.25 Å². The molecule has 0 radical (unpaired) electrons. The van der Waals surface area contributed by atoms with Crippen LogP contribution in [0.25, 0.3) is 0 Å². The molecule has 258 valence electrons. The van der Waals surface area contributed by atoms with Gasteiger partial charge in [0.1, 0.15) is 11.2 Å². The van der Waals surface area contributed by atoms with E-state index in [2.05, 4.69) is 42.0 Å². The average molecular weight is 677 g/mol. The maximum Gasteiger partial charge on any atom is 0.322 e. The van der Waals surface area contributed by atoms with E-state index >= 15 is 4.39 Å². The molecule has 4 amide bonds. The van der Waals surface area contributed by atoms with Gasteiger partial charge in [0.15, 0.2) is 0 Å². The van der Waals surface area contributed by atoms with Gasteiger partial charge < -0.3 is 24.9 Å². The number of para-hydroxylation sites is 2. The molecule has 4 fully saturated rings. The van der Waals surface area contributed by atoms with Gasteiger partial charge in [-0.15, -0.1) is 11.8 Å². The molecule has 2 atom stereocenters. The average Bonchev–Trinajstić information content (AvgIpc) is 3.87.